The van der Waals surface area contributed by atoms with Gasteiger partial charge >= 0.3 is 0 Å². The van der Waals surface area contributed by atoms with E-state index in [1.807, 2.05) is 6.07 Å². The summed E-state index contributed by atoms with van der Waals surface area (Å²) in [6, 6.07) is 12.0. The van der Waals surface area contributed by atoms with E-state index >= 15 is 0 Å². The van der Waals surface area contributed by atoms with E-state index in [2.05, 4.69) is 5.32 Å². The number of nitrogens with zero attached hydrogens (tertiary/aromatic N) is 1. The molecule has 90 valence electrons. The van der Waals surface area contributed by atoms with E-state index in [1.165, 1.54) is 30.3 Å². The first-order valence-electron chi connectivity index (χ1n) is 5.37. The molecule has 0 aliphatic rings. The molecule has 0 heterocycles. The highest BCUT2D eigenvalue weighted by Crippen LogP contribution is 2.14. The molecule has 0 atom stereocenters. The monoisotopic (exact) mass is 244 g/mol. The van der Waals surface area contributed by atoms with E-state index < -0.39 is 5.82 Å². The van der Waals surface area contributed by atoms with Crippen LogP contribution in [0.5, 0.6) is 0 Å². The summed E-state index contributed by atoms with van der Waals surface area (Å²) in [5.41, 5.74) is 1.34. The van der Waals surface area contributed by atoms with Gasteiger partial charge in [0.2, 0.25) is 0 Å². The van der Waals surface area contributed by atoms with Crippen LogP contribution in [-0.4, -0.2) is 0 Å². The van der Waals surface area contributed by atoms with Gasteiger partial charge in [0.1, 0.15) is 11.6 Å². The van der Waals surface area contributed by atoms with Crippen LogP contribution in [0.1, 0.15) is 11.1 Å². The summed E-state index contributed by atoms with van der Waals surface area (Å²) in [5, 5.41) is 11.6. The lowest BCUT2D eigenvalue weighted by atomic mass is 10.1. The molecule has 0 aliphatic heterocycles. The van der Waals surface area contributed by atoms with Gasteiger partial charge in [-0.1, -0.05) is 6.07 Å². The normalized spacial score (nSPS) is 9.83. The van der Waals surface area contributed by atoms with Gasteiger partial charge in [-0.25, -0.2) is 8.78 Å². The molecule has 0 unspecified atom stereocenters. The molecule has 2 aromatic carbocycles. The number of halogens is 2. The maximum Gasteiger partial charge on any atom is 0.128 e. The number of nitrogens with one attached hydrogen (secondary N) is 1. The molecule has 0 saturated carbocycles. The summed E-state index contributed by atoms with van der Waals surface area (Å²) in [5.74, 6) is -0.746. The minimum atomic E-state index is -0.391. The standard InChI is InChI=1S/C14H10F2N2/c15-12-2-1-3-13(7-12)18-9-11-6-10(8-17)4-5-14(11)16/h1-7,18H,9H2. The van der Waals surface area contributed by atoms with E-state index in [9.17, 15) is 8.78 Å². The zero-order valence-electron chi connectivity index (χ0n) is 9.45. The summed E-state index contributed by atoms with van der Waals surface area (Å²) in [6.07, 6.45) is 0. The number of rotatable bonds is 3. The van der Waals surface area contributed by atoms with Crippen LogP contribution < -0.4 is 5.32 Å². The van der Waals surface area contributed by atoms with Crippen molar-refractivity contribution in [2.75, 3.05) is 5.32 Å². The molecule has 0 bridgehead atoms. The average Bonchev–Trinajstić information content (AvgIpc) is 2.38. The van der Waals surface area contributed by atoms with Crippen LogP contribution in [0.15, 0.2) is 42.5 Å². The largest absolute Gasteiger partial charge is 0.381 e. The van der Waals surface area contributed by atoms with E-state index in [1.54, 1.807) is 12.1 Å². The Morgan fingerprint density at radius 1 is 1.11 bits per heavy atom. The Morgan fingerprint density at radius 2 is 1.94 bits per heavy atom. The summed E-state index contributed by atoms with van der Waals surface area (Å²) >= 11 is 0. The first-order valence-corrected chi connectivity index (χ1v) is 5.37. The Balaban J connectivity index is 2.13. The minimum Gasteiger partial charge on any atom is -0.381 e. The van der Waals surface area contributed by atoms with Gasteiger partial charge in [0.05, 0.1) is 11.6 Å². The van der Waals surface area contributed by atoms with E-state index in [0.29, 0.717) is 16.8 Å². The lowest BCUT2D eigenvalue weighted by molar-refractivity contribution is 0.612. The van der Waals surface area contributed by atoms with Crippen LogP contribution in [0.25, 0.3) is 0 Å². The van der Waals surface area contributed by atoms with E-state index in [-0.39, 0.29) is 12.4 Å². The number of hydrogen-bond donors (Lipinski definition) is 1. The molecular formula is C14H10F2N2. The van der Waals surface area contributed by atoms with Gasteiger partial charge in [-0.15, -0.1) is 0 Å². The summed E-state index contributed by atoms with van der Waals surface area (Å²) in [6.45, 7) is 0.199. The third-order valence-electron chi connectivity index (χ3n) is 2.48. The van der Waals surface area contributed by atoms with Crippen molar-refractivity contribution in [1.82, 2.24) is 0 Å². The third kappa shape index (κ3) is 2.83. The molecule has 18 heavy (non-hydrogen) atoms. The van der Waals surface area contributed by atoms with E-state index in [0.717, 1.165) is 0 Å². The highest BCUT2D eigenvalue weighted by Gasteiger charge is 2.03. The fourth-order valence-corrected chi connectivity index (χ4v) is 1.58. The van der Waals surface area contributed by atoms with Gasteiger partial charge in [0.15, 0.2) is 0 Å². The van der Waals surface area contributed by atoms with Gasteiger partial charge in [-0.3, -0.25) is 0 Å². The van der Waals surface area contributed by atoms with Crippen LogP contribution in [0.4, 0.5) is 14.5 Å². The smallest absolute Gasteiger partial charge is 0.128 e. The second-order valence-corrected chi connectivity index (χ2v) is 3.78. The zero-order chi connectivity index (χ0) is 13.0. The average molecular weight is 244 g/mol. The molecule has 0 amide bonds. The van der Waals surface area contributed by atoms with Gasteiger partial charge in [0.25, 0.3) is 0 Å². The molecule has 1 N–H and O–H groups in total. The van der Waals surface area contributed by atoms with Crippen molar-refractivity contribution in [2.24, 2.45) is 0 Å². The molecule has 0 saturated heterocycles. The first kappa shape index (κ1) is 12.1. The molecule has 0 fully saturated rings. The van der Waals surface area contributed by atoms with Crippen LogP contribution in [0.2, 0.25) is 0 Å². The Morgan fingerprint density at radius 3 is 2.67 bits per heavy atom. The topological polar surface area (TPSA) is 35.8 Å². The highest BCUT2D eigenvalue weighted by atomic mass is 19.1. The first-order chi connectivity index (χ1) is 8.69. The molecule has 4 heteroatoms. The molecule has 0 aliphatic carbocycles. The molecular weight excluding hydrogens is 234 g/mol. The van der Waals surface area contributed by atoms with Crippen LogP contribution in [0, 0.1) is 23.0 Å². The number of hydrogen-bond acceptors (Lipinski definition) is 2. The second kappa shape index (κ2) is 5.28. The van der Waals surface area contributed by atoms with Crippen LogP contribution in [0.3, 0.4) is 0 Å². The van der Waals surface area contributed by atoms with Gasteiger partial charge in [0, 0.05) is 17.8 Å². The summed E-state index contributed by atoms with van der Waals surface area (Å²) < 4.78 is 26.4. The Bertz CT molecular complexity index is 603. The highest BCUT2D eigenvalue weighted by molar-refractivity contribution is 5.44. The summed E-state index contributed by atoms with van der Waals surface area (Å²) in [4.78, 5) is 0. The molecule has 0 aromatic heterocycles. The lowest BCUT2D eigenvalue weighted by Gasteiger charge is -2.07. The molecule has 2 nitrogen and oxygen atoms in total. The number of nitriles is 1. The van der Waals surface area contributed by atoms with Crippen molar-refractivity contribution in [3.8, 4) is 6.07 Å². The van der Waals surface area contributed by atoms with Crippen molar-refractivity contribution in [1.29, 1.82) is 5.26 Å². The predicted octanol–water partition coefficient (Wildman–Crippen LogP) is 3.45. The van der Waals surface area contributed by atoms with Gasteiger partial charge in [-0.05, 0) is 36.4 Å². The Hall–Kier alpha value is -2.41. The van der Waals surface area contributed by atoms with Crippen molar-refractivity contribution in [2.45, 2.75) is 6.54 Å². The lowest BCUT2D eigenvalue weighted by Crippen LogP contribution is -2.02. The molecule has 2 aromatic rings. The summed E-state index contributed by atoms with van der Waals surface area (Å²) in [7, 11) is 0. The van der Waals surface area contributed by atoms with Crippen molar-refractivity contribution in [3.05, 3.63) is 65.2 Å². The molecule has 0 spiro atoms. The SMILES string of the molecule is N#Cc1ccc(F)c(CNc2cccc(F)c2)c1. The second-order valence-electron chi connectivity index (χ2n) is 3.78. The van der Waals surface area contributed by atoms with Gasteiger partial charge in [-0.2, -0.15) is 5.26 Å². The fraction of sp³-hybridized carbons (Fsp3) is 0.0714. The van der Waals surface area contributed by atoms with Crippen LogP contribution >= 0.6 is 0 Å². The van der Waals surface area contributed by atoms with Crippen molar-refractivity contribution < 1.29 is 8.78 Å². The van der Waals surface area contributed by atoms with Crippen LogP contribution in [-0.2, 0) is 6.54 Å². The van der Waals surface area contributed by atoms with Gasteiger partial charge < -0.3 is 5.32 Å². The minimum absolute atomic E-state index is 0.199. The maximum absolute atomic E-state index is 13.5. The Labute approximate surface area is 103 Å². The predicted molar refractivity (Wildman–Crippen MR) is 64.8 cm³/mol. The van der Waals surface area contributed by atoms with Crippen molar-refractivity contribution >= 4 is 5.69 Å². The maximum atomic E-state index is 13.5. The number of benzene rings is 2. The molecule has 0 radical (unpaired) electrons. The fourth-order valence-electron chi connectivity index (χ4n) is 1.58. The quantitative estimate of drug-likeness (QED) is 0.897. The van der Waals surface area contributed by atoms with E-state index in [4.69, 9.17) is 5.26 Å². The zero-order valence-corrected chi connectivity index (χ0v) is 9.45. The molecule has 2 rings (SSSR count). The van der Waals surface area contributed by atoms with Crippen molar-refractivity contribution in [3.63, 3.8) is 0 Å². The third-order valence-corrected chi connectivity index (χ3v) is 2.48. The number of anilines is 1. The Kier molecular flexibility index (Phi) is 3.54.